The predicted molar refractivity (Wildman–Crippen MR) is 61.8 cm³/mol. The largest absolute Gasteiger partial charge is 0.337 e. The zero-order chi connectivity index (χ0) is 10.4. The number of nitrogens with zero attached hydrogens (tertiary/aromatic N) is 1. The molecule has 82 valence electrons. The molecule has 0 radical (unpaired) electrons. The summed E-state index contributed by atoms with van der Waals surface area (Å²) in [7, 11) is 0. The number of hydrogen-bond acceptors (Lipinski definition) is 2. The van der Waals surface area contributed by atoms with Gasteiger partial charge in [0.25, 0.3) is 0 Å². The Kier molecular flexibility index (Phi) is 5.15. The number of amides is 2. The van der Waals surface area contributed by atoms with E-state index in [0.717, 1.165) is 19.5 Å². The van der Waals surface area contributed by atoms with E-state index < -0.39 is 0 Å². The Hall–Kier alpha value is -0.380. The average Bonchev–Trinajstić information content (AvgIpc) is 2.26. The molecule has 14 heavy (non-hydrogen) atoms. The first-order valence-corrected chi connectivity index (χ1v) is 6.04. The molecule has 1 rings (SSSR count). The van der Waals surface area contributed by atoms with Crippen molar-refractivity contribution < 1.29 is 4.79 Å². The molecular weight excluding hydrogens is 196 g/mol. The van der Waals surface area contributed by atoms with Gasteiger partial charge in [0.1, 0.15) is 0 Å². The van der Waals surface area contributed by atoms with Crippen LogP contribution in [0.25, 0.3) is 0 Å². The first-order chi connectivity index (χ1) is 6.77. The van der Waals surface area contributed by atoms with Gasteiger partial charge in [-0.2, -0.15) is 12.6 Å². The first-order valence-electron chi connectivity index (χ1n) is 5.41. The Labute approximate surface area is 91.6 Å². The molecule has 1 N–H and O–H groups in total. The van der Waals surface area contributed by atoms with Gasteiger partial charge in [-0.05, 0) is 18.8 Å². The van der Waals surface area contributed by atoms with Crippen LogP contribution in [-0.2, 0) is 0 Å². The highest BCUT2D eigenvalue weighted by molar-refractivity contribution is 7.80. The number of carbonyl (C=O) groups is 1. The van der Waals surface area contributed by atoms with Crippen molar-refractivity contribution in [3.05, 3.63) is 0 Å². The summed E-state index contributed by atoms with van der Waals surface area (Å²) in [6.45, 7) is 4.69. The van der Waals surface area contributed by atoms with E-state index in [2.05, 4.69) is 24.9 Å². The van der Waals surface area contributed by atoms with Crippen LogP contribution >= 0.6 is 12.6 Å². The molecule has 0 aromatic rings. The van der Waals surface area contributed by atoms with Crippen LogP contribution in [0.1, 0.15) is 26.2 Å². The molecule has 2 amide bonds. The lowest BCUT2D eigenvalue weighted by Gasteiger charge is -2.32. The number of nitrogens with one attached hydrogen (secondary N) is 1. The summed E-state index contributed by atoms with van der Waals surface area (Å²) in [5, 5.41) is 2.86. The Bertz CT molecular complexity index is 187. The van der Waals surface area contributed by atoms with Gasteiger partial charge >= 0.3 is 6.03 Å². The highest BCUT2D eigenvalue weighted by Crippen LogP contribution is 2.18. The van der Waals surface area contributed by atoms with Gasteiger partial charge in [0.05, 0.1) is 0 Å². The first kappa shape index (κ1) is 11.7. The quantitative estimate of drug-likeness (QED) is 0.692. The molecule has 0 aromatic heterocycles. The fourth-order valence-electron chi connectivity index (χ4n) is 1.86. The summed E-state index contributed by atoms with van der Waals surface area (Å²) in [5.74, 6) is 1.40. The molecule has 1 fully saturated rings. The number of hydrogen-bond donors (Lipinski definition) is 2. The molecule has 1 heterocycles. The van der Waals surface area contributed by atoms with Crippen LogP contribution in [0.3, 0.4) is 0 Å². The molecule has 0 aromatic carbocycles. The van der Waals surface area contributed by atoms with E-state index in [0.29, 0.717) is 18.2 Å². The monoisotopic (exact) mass is 216 g/mol. The second kappa shape index (κ2) is 6.17. The van der Waals surface area contributed by atoms with Gasteiger partial charge in [0.2, 0.25) is 0 Å². The molecule has 1 aliphatic heterocycles. The molecule has 1 aliphatic rings. The fraction of sp³-hybridized carbons (Fsp3) is 0.900. The SMILES string of the molecule is CC[C@@H]1CCCN(C(=O)NCCS)C1. The molecule has 0 aliphatic carbocycles. The highest BCUT2D eigenvalue weighted by atomic mass is 32.1. The Morgan fingerprint density at radius 1 is 1.64 bits per heavy atom. The van der Waals surface area contributed by atoms with Gasteiger partial charge in [-0.3, -0.25) is 0 Å². The van der Waals surface area contributed by atoms with E-state index in [9.17, 15) is 4.79 Å². The second-order valence-corrected chi connectivity index (χ2v) is 4.27. The van der Waals surface area contributed by atoms with Crippen molar-refractivity contribution in [2.45, 2.75) is 26.2 Å². The maximum atomic E-state index is 11.6. The van der Waals surface area contributed by atoms with Crippen LogP contribution in [-0.4, -0.2) is 36.3 Å². The van der Waals surface area contributed by atoms with Gasteiger partial charge in [-0.1, -0.05) is 13.3 Å². The lowest BCUT2D eigenvalue weighted by molar-refractivity contribution is 0.164. The highest BCUT2D eigenvalue weighted by Gasteiger charge is 2.21. The van der Waals surface area contributed by atoms with Crippen LogP contribution in [0.2, 0.25) is 0 Å². The van der Waals surface area contributed by atoms with E-state index in [1.54, 1.807) is 0 Å². The molecule has 1 atom stereocenters. The average molecular weight is 216 g/mol. The fourth-order valence-corrected chi connectivity index (χ4v) is 1.97. The normalized spacial score (nSPS) is 22.1. The summed E-state index contributed by atoms with van der Waals surface area (Å²) in [6, 6.07) is 0.0807. The zero-order valence-electron chi connectivity index (χ0n) is 8.83. The molecular formula is C10H20N2OS. The molecule has 1 saturated heterocycles. The number of rotatable bonds is 3. The minimum absolute atomic E-state index is 0.0807. The van der Waals surface area contributed by atoms with Crippen molar-refractivity contribution in [1.82, 2.24) is 10.2 Å². The van der Waals surface area contributed by atoms with Gasteiger partial charge < -0.3 is 10.2 Å². The van der Waals surface area contributed by atoms with Gasteiger partial charge in [0, 0.05) is 25.4 Å². The van der Waals surface area contributed by atoms with E-state index in [1.165, 1.54) is 12.8 Å². The Morgan fingerprint density at radius 3 is 3.07 bits per heavy atom. The lowest BCUT2D eigenvalue weighted by Crippen LogP contribution is -2.45. The Balaban J connectivity index is 2.31. The third kappa shape index (κ3) is 3.40. The summed E-state index contributed by atoms with van der Waals surface area (Å²) in [4.78, 5) is 13.5. The molecule has 0 spiro atoms. The zero-order valence-corrected chi connectivity index (χ0v) is 9.72. The third-order valence-electron chi connectivity index (χ3n) is 2.77. The number of carbonyl (C=O) groups excluding carboxylic acids is 1. The number of urea groups is 1. The molecule has 0 saturated carbocycles. The van der Waals surface area contributed by atoms with Gasteiger partial charge in [-0.25, -0.2) is 4.79 Å². The smallest absolute Gasteiger partial charge is 0.317 e. The van der Waals surface area contributed by atoms with Crippen LogP contribution in [0.15, 0.2) is 0 Å². The van der Waals surface area contributed by atoms with E-state index in [4.69, 9.17) is 0 Å². The van der Waals surface area contributed by atoms with E-state index in [1.807, 2.05) is 4.90 Å². The van der Waals surface area contributed by atoms with E-state index >= 15 is 0 Å². The van der Waals surface area contributed by atoms with Crippen LogP contribution in [0.4, 0.5) is 4.79 Å². The lowest BCUT2D eigenvalue weighted by atomic mass is 9.96. The molecule has 3 nitrogen and oxygen atoms in total. The maximum absolute atomic E-state index is 11.6. The maximum Gasteiger partial charge on any atom is 0.317 e. The van der Waals surface area contributed by atoms with Crippen molar-refractivity contribution in [3.63, 3.8) is 0 Å². The molecule has 4 heteroatoms. The van der Waals surface area contributed by atoms with Crippen LogP contribution in [0, 0.1) is 5.92 Å². The minimum Gasteiger partial charge on any atom is -0.337 e. The van der Waals surface area contributed by atoms with Crippen molar-refractivity contribution in [2.24, 2.45) is 5.92 Å². The minimum atomic E-state index is 0.0807. The summed E-state index contributed by atoms with van der Waals surface area (Å²) >= 11 is 4.06. The number of thiol groups is 1. The van der Waals surface area contributed by atoms with Crippen LogP contribution < -0.4 is 5.32 Å². The number of likely N-dealkylation sites (tertiary alicyclic amines) is 1. The number of piperidine rings is 1. The summed E-state index contributed by atoms with van der Waals surface area (Å²) in [5.41, 5.74) is 0. The topological polar surface area (TPSA) is 32.3 Å². The second-order valence-electron chi connectivity index (χ2n) is 3.82. The van der Waals surface area contributed by atoms with Crippen molar-refractivity contribution in [2.75, 3.05) is 25.4 Å². The van der Waals surface area contributed by atoms with E-state index in [-0.39, 0.29) is 6.03 Å². The molecule has 0 unspecified atom stereocenters. The molecule has 0 bridgehead atoms. The summed E-state index contributed by atoms with van der Waals surface area (Å²) in [6.07, 6.45) is 3.59. The summed E-state index contributed by atoms with van der Waals surface area (Å²) < 4.78 is 0. The van der Waals surface area contributed by atoms with Crippen LogP contribution in [0.5, 0.6) is 0 Å². The standard InChI is InChI=1S/C10H20N2OS/c1-2-9-4-3-6-12(8-9)10(13)11-5-7-14/h9,14H,2-8H2,1H3,(H,11,13)/t9-/m1/s1. The van der Waals surface area contributed by atoms with Gasteiger partial charge in [-0.15, -0.1) is 0 Å². The van der Waals surface area contributed by atoms with Gasteiger partial charge in [0.15, 0.2) is 0 Å². The predicted octanol–water partition coefficient (Wildman–Crippen LogP) is 1.75. The van der Waals surface area contributed by atoms with Crippen molar-refractivity contribution in [3.8, 4) is 0 Å². The van der Waals surface area contributed by atoms with Crippen molar-refractivity contribution in [1.29, 1.82) is 0 Å². The Morgan fingerprint density at radius 2 is 2.43 bits per heavy atom. The van der Waals surface area contributed by atoms with Crippen molar-refractivity contribution >= 4 is 18.7 Å². The third-order valence-corrected chi connectivity index (χ3v) is 3.00.